The van der Waals surface area contributed by atoms with Crippen molar-refractivity contribution in [1.82, 2.24) is 9.78 Å². The van der Waals surface area contributed by atoms with Crippen LogP contribution in [0.25, 0.3) is 11.3 Å². The number of aromatic nitrogens is 2. The van der Waals surface area contributed by atoms with Gasteiger partial charge >= 0.3 is 0 Å². The number of rotatable bonds is 2. The molecule has 1 saturated carbocycles. The van der Waals surface area contributed by atoms with Crippen molar-refractivity contribution in [2.24, 2.45) is 7.05 Å². The number of halogens is 2. The third-order valence-electron chi connectivity index (χ3n) is 3.12. The molecule has 0 N–H and O–H groups in total. The minimum atomic E-state index is 0.665. The van der Waals surface area contributed by atoms with E-state index in [1.165, 1.54) is 18.5 Å². The summed E-state index contributed by atoms with van der Waals surface area (Å²) in [5, 5.41) is 5.33. The van der Waals surface area contributed by atoms with Crippen LogP contribution in [0.5, 0.6) is 0 Å². The Balaban J connectivity index is 2.16. The largest absolute Gasteiger partial charge is 0.271 e. The third-order valence-corrected chi connectivity index (χ3v) is 4.24. The molecule has 0 radical (unpaired) electrons. The molecule has 2 aromatic rings. The maximum absolute atomic E-state index is 6.22. The maximum atomic E-state index is 6.22. The van der Waals surface area contributed by atoms with Crippen LogP contribution in [-0.2, 0) is 7.05 Å². The summed E-state index contributed by atoms with van der Waals surface area (Å²) in [6.45, 7) is 0. The summed E-state index contributed by atoms with van der Waals surface area (Å²) in [5.74, 6) is 0.665. The molecule has 0 spiro atoms. The molecule has 1 aliphatic rings. The molecule has 0 amide bonds. The lowest BCUT2D eigenvalue weighted by Gasteiger charge is -2.00. The van der Waals surface area contributed by atoms with E-state index >= 15 is 0 Å². The molecule has 17 heavy (non-hydrogen) atoms. The summed E-state index contributed by atoms with van der Waals surface area (Å²) >= 11 is 9.89. The quantitative estimate of drug-likeness (QED) is 0.805. The van der Waals surface area contributed by atoms with Crippen molar-refractivity contribution in [1.29, 1.82) is 0 Å². The standard InChI is InChI=1S/C13H12BrClN2/c1-17-13(8-6-7-8)11(14)12(16-17)9-4-2-3-5-10(9)15/h2-5,8H,6-7H2,1H3. The lowest BCUT2D eigenvalue weighted by atomic mass is 10.1. The van der Waals surface area contributed by atoms with Crippen LogP contribution in [-0.4, -0.2) is 9.78 Å². The van der Waals surface area contributed by atoms with Gasteiger partial charge in [-0.2, -0.15) is 5.10 Å². The molecule has 1 aromatic carbocycles. The predicted molar refractivity (Wildman–Crippen MR) is 73.3 cm³/mol. The average molecular weight is 312 g/mol. The molecule has 1 aliphatic carbocycles. The summed E-state index contributed by atoms with van der Waals surface area (Å²) in [6.07, 6.45) is 2.53. The van der Waals surface area contributed by atoms with Crippen molar-refractivity contribution in [2.75, 3.05) is 0 Å². The Morgan fingerprint density at radius 3 is 2.71 bits per heavy atom. The molecule has 0 saturated heterocycles. The van der Waals surface area contributed by atoms with Gasteiger partial charge in [0.1, 0.15) is 5.69 Å². The van der Waals surface area contributed by atoms with Crippen LogP contribution < -0.4 is 0 Å². The van der Waals surface area contributed by atoms with E-state index in [1.54, 1.807) is 0 Å². The number of benzene rings is 1. The first-order chi connectivity index (χ1) is 8.18. The van der Waals surface area contributed by atoms with Crippen molar-refractivity contribution in [3.8, 4) is 11.3 Å². The molecule has 0 unspecified atom stereocenters. The van der Waals surface area contributed by atoms with Gasteiger partial charge in [-0.15, -0.1) is 0 Å². The second-order valence-electron chi connectivity index (χ2n) is 4.43. The fourth-order valence-electron chi connectivity index (χ4n) is 2.14. The fraction of sp³-hybridized carbons (Fsp3) is 0.308. The molecule has 1 fully saturated rings. The molecule has 1 heterocycles. The predicted octanol–water partition coefficient (Wildman–Crippen LogP) is 4.38. The van der Waals surface area contributed by atoms with Crippen LogP contribution in [0.1, 0.15) is 24.5 Å². The van der Waals surface area contributed by atoms with Crippen molar-refractivity contribution in [3.63, 3.8) is 0 Å². The zero-order valence-corrected chi connectivity index (χ0v) is 11.8. The van der Waals surface area contributed by atoms with E-state index < -0.39 is 0 Å². The van der Waals surface area contributed by atoms with Gasteiger partial charge in [0.25, 0.3) is 0 Å². The van der Waals surface area contributed by atoms with E-state index in [1.807, 2.05) is 36.0 Å². The first-order valence-electron chi connectivity index (χ1n) is 5.65. The van der Waals surface area contributed by atoms with Gasteiger partial charge in [-0.1, -0.05) is 29.8 Å². The zero-order valence-electron chi connectivity index (χ0n) is 9.45. The summed E-state index contributed by atoms with van der Waals surface area (Å²) in [4.78, 5) is 0. The monoisotopic (exact) mass is 310 g/mol. The van der Waals surface area contributed by atoms with Gasteiger partial charge < -0.3 is 0 Å². The smallest absolute Gasteiger partial charge is 0.108 e. The molecule has 3 rings (SSSR count). The minimum Gasteiger partial charge on any atom is -0.271 e. The molecule has 1 aromatic heterocycles. The van der Waals surface area contributed by atoms with E-state index in [9.17, 15) is 0 Å². The highest BCUT2D eigenvalue weighted by atomic mass is 79.9. The number of nitrogens with zero attached hydrogens (tertiary/aromatic N) is 2. The summed E-state index contributed by atoms with van der Waals surface area (Å²) in [5.41, 5.74) is 3.23. The first-order valence-corrected chi connectivity index (χ1v) is 6.83. The van der Waals surface area contributed by atoms with Gasteiger partial charge in [0.2, 0.25) is 0 Å². The van der Waals surface area contributed by atoms with E-state index in [0.717, 1.165) is 20.8 Å². The van der Waals surface area contributed by atoms with Crippen molar-refractivity contribution >= 4 is 27.5 Å². The van der Waals surface area contributed by atoms with Crippen LogP contribution in [0.4, 0.5) is 0 Å². The van der Waals surface area contributed by atoms with Crippen molar-refractivity contribution in [2.45, 2.75) is 18.8 Å². The molecule has 2 nitrogen and oxygen atoms in total. The van der Waals surface area contributed by atoms with Crippen LogP contribution in [0.3, 0.4) is 0 Å². The van der Waals surface area contributed by atoms with Crippen LogP contribution >= 0.6 is 27.5 Å². The van der Waals surface area contributed by atoms with Gasteiger partial charge in [0.15, 0.2) is 0 Å². The van der Waals surface area contributed by atoms with Gasteiger partial charge in [0, 0.05) is 18.5 Å². The topological polar surface area (TPSA) is 17.8 Å². The second kappa shape index (κ2) is 4.14. The Bertz CT molecular complexity index is 573. The van der Waals surface area contributed by atoms with E-state index in [0.29, 0.717) is 5.92 Å². The molecular formula is C13H12BrClN2. The van der Waals surface area contributed by atoms with Crippen molar-refractivity contribution < 1.29 is 0 Å². The highest BCUT2D eigenvalue weighted by Gasteiger charge is 2.31. The van der Waals surface area contributed by atoms with Gasteiger partial charge in [-0.25, -0.2) is 0 Å². The number of hydrogen-bond donors (Lipinski definition) is 0. The Kier molecular flexibility index (Phi) is 2.75. The average Bonchev–Trinajstić information content (AvgIpc) is 3.07. The van der Waals surface area contributed by atoms with Gasteiger partial charge in [-0.05, 0) is 34.8 Å². The Hall–Kier alpha value is -0.800. The normalized spacial score (nSPS) is 15.2. The summed E-state index contributed by atoms with van der Waals surface area (Å²) in [6, 6.07) is 7.82. The van der Waals surface area contributed by atoms with Gasteiger partial charge in [0.05, 0.1) is 15.2 Å². The molecule has 88 valence electrons. The lowest BCUT2D eigenvalue weighted by molar-refractivity contribution is 0.714. The fourth-order valence-corrected chi connectivity index (χ4v) is 3.24. The SMILES string of the molecule is Cn1nc(-c2ccccc2Cl)c(Br)c1C1CC1. The molecular weight excluding hydrogens is 300 g/mol. The number of aryl methyl sites for hydroxylation is 1. The van der Waals surface area contributed by atoms with E-state index in [-0.39, 0.29) is 0 Å². The molecule has 0 bridgehead atoms. The molecule has 0 aliphatic heterocycles. The Morgan fingerprint density at radius 1 is 1.35 bits per heavy atom. The van der Waals surface area contributed by atoms with Crippen molar-refractivity contribution in [3.05, 3.63) is 39.5 Å². The lowest BCUT2D eigenvalue weighted by Crippen LogP contribution is -1.96. The molecule has 4 heteroatoms. The second-order valence-corrected chi connectivity index (χ2v) is 5.63. The summed E-state index contributed by atoms with van der Waals surface area (Å²) in [7, 11) is 2.00. The van der Waals surface area contributed by atoms with Gasteiger partial charge in [-0.3, -0.25) is 4.68 Å². The zero-order chi connectivity index (χ0) is 12.0. The van der Waals surface area contributed by atoms with Crippen LogP contribution in [0.15, 0.2) is 28.7 Å². The van der Waals surface area contributed by atoms with E-state index in [2.05, 4.69) is 21.0 Å². The Morgan fingerprint density at radius 2 is 2.06 bits per heavy atom. The molecule has 0 atom stereocenters. The van der Waals surface area contributed by atoms with Crippen LogP contribution in [0, 0.1) is 0 Å². The third kappa shape index (κ3) is 1.91. The van der Waals surface area contributed by atoms with Crippen LogP contribution in [0.2, 0.25) is 5.02 Å². The maximum Gasteiger partial charge on any atom is 0.108 e. The minimum absolute atomic E-state index is 0.665. The first kappa shape index (κ1) is 11.3. The summed E-state index contributed by atoms with van der Waals surface area (Å²) < 4.78 is 3.07. The Labute approximate surface area is 114 Å². The van der Waals surface area contributed by atoms with E-state index in [4.69, 9.17) is 11.6 Å². The highest BCUT2D eigenvalue weighted by Crippen LogP contribution is 2.46. The highest BCUT2D eigenvalue weighted by molar-refractivity contribution is 9.10. The number of hydrogen-bond acceptors (Lipinski definition) is 1.